The zero-order valence-electron chi connectivity index (χ0n) is 7.60. The quantitative estimate of drug-likeness (QED) is 0.686. The summed E-state index contributed by atoms with van der Waals surface area (Å²) in [5.41, 5.74) is -1.35. The largest absolute Gasteiger partial charge is 0.574 e. The molecule has 0 saturated heterocycles. The van der Waals surface area contributed by atoms with E-state index < -0.39 is 17.7 Å². The third-order valence-electron chi connectivity index (χ3n) is 1.65. The van der Waals surface area contributed by atoms with Gasteiger partial charge in [0.25, 0.3) is 0 Å². The van der Waals surface area contributed by atoms with Crippen molar-refractivity contribution in [1.29, 1.82) is 0 Å². The number of halogens is 4. The molecule has 1 heterocycles. The number of carbonyl (C=O) groups is 1. The predicted molar refractivity (Wildman–Crippen MR) is 51.8 cm³/mol. The summed E-state index contributed by atoms with van der Waals surface area (Å²) < 4.78 is 39.4. The van der Waals surface area contributed by atoms with E-state index in [0.717, 1.165) is 6.20 Å². The number of hydrogen-bond donors (Lipinski definition) is 1. The van der Waals surface area contributed by atoms with Crippen LogP contribution in [0.15, 0.2) is 11.0 Å². The van der Waals surface area contributed by atoms with Crippen LogP contribution in [0.3, 0.4) is 0 Å². The van der Waals surface area contributed by atoms with Crippen molar-refractivity contribution in [2.24, 2.45) is 0 Å². The molecule has 0 spiro atoms. The summed E-state index contributed by atoms with van der Waals surface area (Å²) in [6.45, 7) is 0. The molecule has 88 valence electrons. The maximum absolute atomic E-state index is 11.9. The highest BCUT2D eigenvalue weighted by Gasteiger charge is 2.33. The number of hydrogen-bond acceptors (Lipinski definition) is 3. The van der Waals surface area contributed by atoms with Gasteiger partial charge in [0.05, 0.1) is 11.1 Å². The van der Waals surface area contributed by atoms with Crippen LogP contribution in [0.2, 0.25) is 0 Å². The zero-order valence-corrected chi connectivity index (χ0v) is 9.18. The molecule has 0 amide bonds. The smallest absolute Gasteiger partial charge is 0.389 e. The number of H-pyrrole nitrogens is 1. The molecule has 0 aliphatic heterocycles. The van der Waals surface area contributed by atoms with Gasteiger partial charge in [-0.2, -0.15) is 0 Å². The SMILES string of the molecule is O=Cc1c[nH]c(OC(F)(F)F)c(CBr)c1=O. The van der Waals surface area contributed by atoms with Crippen LogP contribution in [-0.2, 0) is 5.33 Å². The van der Waals surface area contributed by atoms with Crippen LogP contribution in [0.4, 0.5) is 13.2 Å². The number of aldehydes is 1. The lowest BCUT2D eigenvalue weighted by Crippen LogP contribution is -2.23. The zero-order chi connectivity index (χ0) is 12.3. The number of carbonyl (C=O) groups excluding carboxylic acids is 1. The van der Waals surface area contributed by atoms with Gasteiger partial charge in [0, 0.05) is 11.5 Å². The molecule has 0 aliphatic rings. The lowest BCUT2D eigenvalue weighted by atomic mass is 10.2. The first-order chi connectivity index (χ1) is 7.39. The molecular weight excluding hydrogens is 295 g/mol. The van der Waals surface area contributed by atoms with E-state index in [2.05, 4.69) is 25.7 Å². The Morgan fingerprint density at radius 3 is 2.56 bits per heavy atom. The van der Waals surface area contributed by atoms with Gasteiger partial charge in [0.15, 0.2) is 11.7 Å². The van der Waals surface area contributed by atoms with Crippen molar-refractivity contribution in [3.8, 4) is 5.88 Å². The average molecular weight is 300 g/mol. The lowest BCUT2D eigenvalue weighted by Gasteiger charge is -2.11. The molecule has 0 bridgehead atoms. The number of aromatic amines is 1. The average Bonchev–Trinajstić information content (AvgIpc) is 2.16. The second kappa shape index (κ2) is 4.69. The van der Waals surface area contributed by atoms with Crippen LogP contribution in [0.25, 0.3) is 0 Å². The first-order valence-corrected chi connectivity index (χ1v) is 5.02. The maximum atomic E-state index is 11.9. The molecular formula is C8H5BrF3NO3. The lowest BCUT2D eigenvalue weighted by molar-refractivity contribution is -0.276. The molecule has 1 aromatic rings. The van der Waals surface area contributed by atoms with Crippen LogP contribution in [-0.4, -0.2) is 17.6 Å². The van der Waals surface area contributed by atoms with Crippen molar-refractivity contribution < 1.29 is 22.7 Å². The third-order valence-corrected chi connectivity index (χ3v) is 2.21. The predicted octanol–water partition coefficient (Wildman–Crippen LogP) is 1.98. The van der Waals surface area contributed by atoms with Crippen molar-refractivity contribution in [2.45, 2.75) is 11.7 Å². The minimum Gasteiger partial charge on any atom is -0.389 e. The number of aromatic nitrogens is 1. The van der Waals surface area contributed by atoms with Crippen LogP contribution in [0.5, 0.6) is 5.88 Å². The van der Waals surface area contributed by atoms with E-state index in [4.69, 9.17) is 0 Å². The normalized spacial score (nSPS) is 11.2. The monoisotopic (exact) mass is 299 g/mol. The molecule has 4 nitrogen and oxygen atoms in total. The summed E-state index contributed by atoms with van der Waals surface area (Å²) in [6, 6.07) is 0. The molecule has 0 aromatic carbocycles. The van der Waals surface area contributed by atoms with E-state index in [9.17, 15) is 22.8 Å². The molecule has 1 rings (SSSR count). The Morgan fingerprint density at radius 1 is 1.50 bits per heavy atom. The Morgan fingerprint density at radius 2 is 2.12 bits per heavy atom. The molecule has 1 N–H and O–H groups in total. The fraction of sp³-hybridized carbons (Fsp3) is 0.250. The van der Waals surface area contributed by atoms with Crippen molar-refractivity contribution in [2.75, 3.05) is 0 Å². The summed E-state index contributed by atoms with van der Waals surface area (Å²) in [5, 5.41) is -0.157. The van der Waals surface area contributed by atoms with Gasteiger partial charge in [0.1, 0.15) is 0 Å². The van der Waals surface area contributed by atoms with Gasteiger partial charge in [-0.3, -0.25) is 9.59 Å². The molecule has 0 radical (unpaired) electrons. The summed E-state index contributed by atoms with van der Waals surface area (Å²) >= 11 is 2.85. The van der Waals surface area contributed by atoms with Gasteiger partial charge < -0.3 is 9.72 Å². The molecule has 8 heteroatoms. The van der Waals surface area contributed by atoms with Crippen molar-refractivity contribution >= 4 is 22.2 Å². The van der Waals surface area contributed by atoms with Gasteiger partial charge >= 0.3 is 6.36 Å². The molecule has 0 atom stereocenters. The summed E-state index contributed by atoms with van der Waals surface area (Å²) in [4.78, 5) is 23.9. The van der Waals surface area contributed by atoms with Crippen molar-refractivity contribution in [1.82, 2.24) is 4.98 Å². The van der Waals surface area contributed by atoms with E-state index in [0.29, 0.717) is 0 Å². The van der Waals surface area contributed by atoms with Gasteiger partial charge in [-0.1, -0.05) is 15.9 Å². The maximum Gasteiger partial charge on any atom is 0.574 e. The molecule has 0 aliphatic carbocycles. The number of nitrogens with one attached hydrogen (secondary N) is 1. The minimum absolute atomic E-state index is 0.157. The van der Waals surface area contributed by atoms with Gasteiger partial charge in [-0.15, -0.1) is 13.2 Å². The number of ether oxygens (including phenoxy) is 1. The Labute approximate surface area is 95.5 Å². The van der Waals surface area contributed by atoms with E-state index in [-0.39, 0.29) is 22.7 Å². The Hall–Kier alpha value is -1.31. The highest BCUT2D eigenvalue weighted by molar-refractivity contribution is 9.08. The highest BCUT2D eigenvalue weighted by Crippen LogP contribution is 2.23. The molecule has 0 saturated carbocycles. The van der Waals surface area contributed by atoms with Gasteiger partial charge in [-0.25, -0.2) is 0 Å². The second-order valence-corrected chi connectivity index (χ2v) is 3.24. The van der Waals surface area contributed by atoms with E-state index in [1.807, 2.05) is 0 Å². The van der Waals surface area contributed by atoms with Crippen LogP contribution < -0.4 is 10.2 Å². The Kier molecular flexibility index (Phi) is 3.74. The molecule has 16 heavy (non-hydrogen) atoms. The summed E-state index contributed by atoms with van der Waals surface area (Å²) in [5.74, 6) is -0.722. The van der Waals surface area contributed by atoms with Gasteiger partial charge in [-0.05, 0) is 0 Å². The summed E-state index contributed by atoms with van der Waals surface area (Å²) in [6.07, 6.45) is -3.78. The number of rotatable bonds is 3. The van der Waals surface area contributed by atoms with Crippen molar-refractivity contribution in [3.63, 3.8) is 0 Å². The minimum atomic E-state index is -4.90. The van der Waals surface area contributed by atoms with Gasteiger partial charge in [0.2, 0.25) is 5.88 Å². The van der Waals surface area contributed by atoms with Crippen LogP contribution in [0, 0.1) is 0 Å². The number of pyridine rings is 1. The number of alkyl halides is 4. The molecule has 0 fully saturated rings. The van der Waals surface area contributed by atoms with E-state index >= 15 is 0 Å². The standard InChI is InChI=1S/C8H5BrF3NO3/c9-1-5-6(15)4(3-14)2-13-7(5)16-8(10,11)12/h2-3H,1H2,(H,13,15). The highest BCUT2D eigenvalue weighted by atomic mass is 79.9. The van der Waals surface area contributed by atoms with Crippen LogP contribution in [0.1, 0.15) is 15.9 Å². The van der Waals surface area contributed by atoms with E-state index in [1.165, 1.54) is 0 Å². The van der Waals surface area contributed by atoms with Crippen molar-refractivity contribution in [3.05, 3.63) is 27.5 Å². The molecule has 0 unspecified atom stereocenters. The molecule has 1 aromatic heterocycles. The second-order valence-electron chi connectivity index (χ2n) is 2.68. The first kappa shape index (κ1) is 12.8. The Bertz CT molecular complexity index is 455. The first-order valence-electron chi connectivity index (χ1n) is 3.90. The third kappa shape index (κ3) is 2.84. The summed E-state index contributed by atoms with van der Waals surface area (Å²) in [7, 11) is 0. The Balaban J connectivity index is 3.27. The van der Waals surface area contributed by atoms with Crippen LogP contribution >= 0.6 is 15.9 Å². The van der Waals surface area contributed by atoms with E-state index in [1.54, 1.807) is 0 Å². The fourth-order valence-electron chi connectivity index (χ4n) is 0.989. The fourth-order valence-corrected chi connectivity index (χ4v) is 1.50. The topological polar surface area (TPSA) is 59.2 Å².